The number of piperidine rings is 1. The Labute approximate surface area is 582 Å². The highest BCUT2D eigenvalue weighted by molar-refractivity contribution is 14.1. The first kappa shape index (κ1) is 78.7. The number of hydrogen-bond donors (Lipinski definition) is 5. The maximum absolute atomic E-state index is 14.7. The van der Waals surface area contributed by atoms with Gasteiger partial charge >= 0.3 is 17.9 Å². The number of carbonyl (C=O) groups excluding carboxylic acids is 9. The summed E-state index contributed by atoms with van der Waals surface area (Å²) in [4.78, 5) is 124. The number of hydrogen-bond acceptors (Lipinski definition) is 18. The Bertz CT molecular complexity index is 2910. The molecule has 21 nitrogen and oxygen atoms in total. The molecule has 1 aromatic rings. The molecule has 5 rings (SSSR count). The second kappa shape index (κ2) is 36.9. The molecule has 0 aromatic heterocycles. The fourth-order valence-electron chi connectivity index (χ4n) is 12.7. The van der Waals surface area contributed by atoms with Crippen LogP contribution in [-0.4, -0.2) is 155 Å². The van der Waals surface area contributed by atoms with Gasteiger partial charge in [0, 0.05) is 84.0 Å². The number of anilines is 2. The van der Waals surface area contributed by atoms with Crippen molar-refractivity contribution in [2.75, 3.05) is 38.0 Å². The first-order chi connectivity index (χ1) is 43.3. The number of nitrogens with one attached hydrogen (secondary N) is 2. The Kier molecular flexibility index (Phi) is 31.5. The Hall–Kier alpha value is -4.04. The Morgan fingerprint density at radius 1 is 0.804 bits per heavy atom. The van der Waals surface area contributed by atoms with E-state index in [1.54, 1.807) is 40.9 Å². The number of methoxy groups -OCH3 is 2. The van der Waals surface area contributed by atoms with Crippen LogP contribution in [0.25, 0.3) is 0 Å². The molecule has 0 spiro atoms. The van der Waals surface area contributed by atoms with Crippen molar-refractivity contribution in [2.45, 2.75) is 220 Å². The van der Waals surface area contributed by atoms with E-state index in [0.717, 1.165) is 10.5 Å². The van der Waals surface area contributed by atoms with Gasteiger partial charge in [-0.3, -0.25) is 33.6 Å². The van der Waals surface area contributed by atoms with Crippen molar-refractivity contribution in [3.8, 4) is 0 Å². The summed E-state index contributed by atoms with van der Waals surface area (Å²) in [5.74, 6) is -11.2. The molecule has 1 aliphatic carbocycles. The molecule has 0 radical (unpaired) electrons. The van der Waals surface area contributed by atoms with Crippen molar-refractivity contribution in [2.24, 2.45) is 41.4 Å². The highest BCUT2D eigenvalue weighted by atomic mass is 127. The molecule has 5 N–H and O–H groups in total. The monoisotopic (exact) mass is 1620 g/mol. The van der Waals surface area contributed by atoms with Crippen molar-refractivity contribution < 1.29 is 86.9 Å². The molecular formula is C68H96I3N3O18. The van der Waals surface area contributed by atoms with Crippen LogP contribution in [-0.2, 0) is 66.8 Å². The molecule has 24 heteroatoms. The Morgan fingerprint density at radius 3 is 2.10 bits per heavy atom. The zero-order chi connectivity index (χ0) is 68.5. The first-order valence-corrected chi connectivity index (χ1v) is 35.3. The molecule has 1 unspecified atom stereocenters. The second-order valence-corrected chi connectivity index (χ2v) is 29.0. The maximum atomic E-state index is 14.7. The lowest BCUT2D eigenvalue weighted by molar-refractivity contribution is -0.265. The number of ether oxygens (including phenoxy) is 6. The molecule has 3 fully saturated rings. The predicted molar refractivity (Wildman–Crippen MR) is 371 cm³/mol. The predicted octanol–water partition coefficient (Wildman–Crippen LogP) is 10.5. The van der Waals surface area contributed by atoms with Crippen molar-refractivity contribution in [1.82, 2.24) is 4.90 Å². The van der Waals surface area contributed by atoms with Gasteiger partial charge in [0.2, 0.25) is 17.6 Å². The molecule has 1 saturated carbocycles. The van der Waals surface area contributed by atoms with Crippen LogP contribution < -0.4 is 10.6 Å². The van der Waals surface area contributed by atoms with E-state index in [1.165, 1.54) is 21.0 Å². The Morgan fingerprint density at radius 2 is 1.47 bits per heavy atom. The van der Waals surface area contributed by atoms with Crippen LogP contribution in [0, 0.1) is 52.1 Å². The van der Waals surface area contributed by atoms with Crippen LogP contribution in [0.4, 0.5) is 11.4 Å². The van der Waals surface area contributed by atoms with Crippen molar-refractivity contribution >= 4 is 132 Å². The standard InChI is InChI=1S/C68H96I3N3O18/c1-36-18-14-13-15-19-37(2)52(87-11)34-48-24-21-42(7)68(86,92-48)64(82)65(83)74-28-17-16-20-49(74)66(84)91-53(35-50(78)38(3)31-41(6)63(81)43(8)62(80)40(5)30-36)39(4)32-46-22-25-51(54(33-46)88-12)90-55(79)26-23-47(77)27-29-89-67(85)56-57(69)60(72-44(9)75)59(71)61(58(56)70)73-45(10)76/h13-15,18-19,31,36,38-40,42-43,46-49,51-54,63,77,81,86H,16-17,20-30,32-35H2,1-12H3,(H,72,75)(H,73,76)/b15-13?,18-14+,37-19?,41-31+/t36-,38-,39-,40-,42-,43+,46+,47?,48+,49+,51-,52+,53+,54-,63-,68-/m1/s1. The molecule has 1 aromatic carbocycles. The van der Waals surface area contributed by atoms with Gasteiger partial charge in [-0.15, -0.1) is 0 Å². The molecule has 92 heavy (non-hydrogen) atoms. The van der Waals surface area contributed by atoms with Crippen LogP contribution in [0.1, 0.15) is 176 Å². The normalized spacial score (nSPS) is 31.2. The summed E-state index contributed by atoms with van der Waals surface area (Å²) in [6, 6.07) is -1.22. The average Bonchev–Trinajstić information content (AvgIpc) is 0.784. The number of ketones is 3. The molecular weight excluding hydrogens is 1530 g/mol. The van der Waals surface area contributed by atoms with E-state index in [0.29, 0.717) is 85.4 Å². The fraction of sp³-hybridized carbons (Fsp3) is 0.662. The van der Waals surface area contributed by atoms with Gasteiger partial charge in [-0.25, -0.2) is 9.59 Å². The number of allylic oxidation sites excluding steroid dienone is 6. The van der Waals surface area contributed by atoms with E-state index >= 15 is 0 Å². The molecule has 3 amide bonds. The summed E-state index contributed by atoms with van der Waals surface area (Å²) in [6.45, 7) is 16.8. The zero-order valence-corrected chi connectivity index (χ0v) is 61.7. The number of esters is 3. The van der Waals surface area contributed by atoms with E-state index in [4.69, 9.17) is 28.4 Å². The highest BCUT2D eigenvalue weighted by Crippen LogP contribution is 2.41. The summed E-state index contributed by atoms with van der Waals surface area (Å²) in [5, 5.41) is 39.9. The number of rotatable bonds is 15. The van der Waals surface area contributed by atoms with Crippen LogP contribution in [0.5, 0.6) is 0 Å². The minimum Gasteiger partial charge on any atom is -0.462 e. The van der Waals surface area contributed by atoms with E-state index < -0.39 is 108 Å². The third-order valence-corrected chi connectivity index (χ3v) is 21.6. The maximum Gasteiger partial charge on any atom is 0.340 e. The topological polar surface area (TPSA) is 297 Å². The summed E-state index contributed by atoms with van der Waals surface area (Å²) in [7, 11) is 3.08. The van der Waals surface area contributed by atoms with Crippen LogP contribution in [0.2, 0.25) is 0 Å². The number of carbonyl (C=O) groups is 9. The first-order valence-electron chi connectivity index (χ1n) is 32.1. The van der Waals surface area contributed by atoms with Crippen LogP contribution in [0.15, 0.2) is 47.6 Å². The second-order valence-electron chi connectivity index (χ2n) is 25.7. The van der Waals surface area contributed by atoms with Crippen LogP contribution >= 0.6 is 67.8 Å². The highest BCUT2D eigenvalue weighted by Gasteiger charge is 2.53. The summed E-state index contributed by atoms with van der Waals surface area (Å²) in [6.07, 6.45) is 10.0. The van der Waals surface area contributed by atoms with Crippen molar-refractivity contribution in [3.63, 3.8) is 0 Å². The minimum atomic E-state index is -2.49. The average molecular weight is 1620 g/mol. The lowest BCUT2D eigenvalue weighted by Crippen LogP contribution is -2.61. The third-order valence-electron chi connectivity index (χ3n) is 18.3. The largest absolute Gasteiger partial charge is 0.462 e. The zero-order valence-electron chi connectivity index (χ0n) is 55.2. The number of nitrogens with zero attached hydrogens (tertiary/aromatic N) is 1. The van der Waals surface area contributed by atoms with Gasteiger partial charge in [0.05, 0.1) is 64.8 Å². The number of aliphatic hydroxyl groups is 3. The van der Waals surface area contributed by atoms with Gasteiger partial charge in [0.25, 0.3) is 11.7 Å². The molecule has 512 valence electrons. The van der Waals surface area contributed by atoms with E-state index in [9.17, 15) is 58.5 Å². The minimum absolute atomic E-state index is 0.0000405. The fourth-order valence-corrected chi connectivity index (χ4v) is 16.9. The van der Waals surface area contributed by atoms with Gasteiger partial charge in [0.15, 0.2) is 0 Å². The Balaban J connectivity index is 1.30. The quantitative estimate of drug-likeness (QED) is 0.0358. The number of aliphatic hydroxyl groups excluding tert-OH is 2. The van der Waals surface area contributed by atoms with Crippen LogP contribution in [0.3, 0.4) is 0 Å². The number of halogens is 3. The smallest absolute Gasteiger partial charge is 0.340 e. The van der Waals surface area contributed by atoms with Crippen molar-refractivity contribution in [1.29, 1.82) is 0 Å². The molecule has 4 aliphatic rings. The van der Waals surface area contributed by atoms with Gasteiger partial charge in [-0.2, -0.15) is 0 Å². The lowest BCUT2D eigenvalue weighted by Gasteiger charge is -2.42. The third kappa shape index (κ3) is 21.7. The van der Waals surface area contributed by atoms with E-state index in [2.05, 4.69) is 10.6 Å². The van der Waals surface area contributed by atoms with E-state index in [1.807, 2.05) is 126 Å². The lowest BCUT2D eigenvalue weighted by atomic mass is 9.78. The molecule has 3 aliphatic heterocycles. The molecule has 2 saturated heterocycles. The number of benzene rings is 1. The van der Waals surface area contributed by atoms with Gasteiger partial charge < -0.3 is 59.3 Å². The molecule has 16 atom stereocenters. The van der Waals surface area contributed by atoms with Gasteiger partial charge in [-0.1, -0.05) is 78.0 Å². The number of amides is 3. The van der Waals surface area contributed by atoms with Crippen molar-refractivity contribution in [3.05, 3.63) is 63.9 Å². The number of Topliss-reactive ketones (excluding diaryl/α,β-unsaturated/α-hetero) is 3. The van der Waals surface area contributed by atoms with Gasteiger partial charge in [-0.05, 0) is 181 Å². The number of cyclic esters (lactones) is 1. The SMILES string of the molecule is CO[C@H]1C[C@@H]2CC[C@@H](C)[C@@](O)(O2)C(=O)C(=O)N2CCCC[C@H]2C(=O)O[C@H]([C@H](C)C[C@@H]2CC[C@@H](OC(=O)CCC(O)CCOC(=O)c3c(I)c(NC(C)=O)c(I)c(NC(C)=O)c3I)[C@H](OC)C2)CC(=O)[C@H](C)/C=C(\C)[C@@H](O)[C@@H](C)C(=O)[C@H](C)C[C@H](C)/C=C/C=CC=C1C. The number of fused-ring (bicyclic) bond motifs is 3. The summed E-state index contributed by atoms with van der Waals surface area (Å²) < 4.78 is 37.2. The molecule has 3 heterocycles. The van der Waals surface area contributed by atoms with Gasteiger partial charge in [0.1, 0.15) is 29.8 Å². The summed E-state index contributed by atoms with van der Waals surface area (Å²) in [5.41, 5.74) is 2.10. The molecule has 2 bridgehead atoms. The van der Waals surface area contributed by atoms with E-state index in [-0.39, 0.29) is 98.4 Å². The summed E-state index contributed by atoms with van der Waals surface area (Å²) >= 11 is 5.85.